The molecule has 2 aromatic rings. The highest BCUT2D eigenvalue weighted by Crippen LogP contribution is 2.16. The summed E-state index contributed by atoms with van der Waals surface area (Å²) in [5.41, 5.74) is 3.92. The van der Waals surface area contributed by atoms with Gasteiger partial charge in [0.25, 0.3) is 0 Å². The summed E-state index contributed by atoms with van der Waals surface area (Å²) >= 11 is 0. The van der Waals surface area contributed by atoms with Crippen LogP contribution in [0, 0.1) is 0 Å². The number of nitrogens with one attached hydrogen (secondary N) is 1. The highest BCUT2D eigenvalue weighted by Gasteiger charge is 2.16. The van der Waals surface area contributed by atoms with Crippen LogP contribution >= 0.6 is 0 Å². The van der Waals surface area contributed by atoms with E-state index in [2.05, 4.69) is 5.43 Å². The van der Waals surface area contributed by atoms with Crippen molar-refractivity contribution < 1.29 is 8.42 Å². The third kappa shape index (κ3) is 2.55. The number of hydrogen-bond donors (Lipinski definition) is 1. The van der Waals surface area contributed by atoms with Crippen molar-refractivity contribution in [3.8, 4) is 0 Å². The van der Waals surface area contributed by atoms with Gasteiger partial charge in [0.2, 0.25) is 10.0 Å². The molecule has 0 atom stereocenters. The predicted octanol–water partition coefficient (Wildman–Crippen LogP) is 1.61. The SMILES string of the molecule is CN(C)S(=O)(=O)c1ccc(Nn2cccc2)cc1. The lowest BCUT2D eigenvalue weighted by Crippen LogP contribution is -2.22. The summed E-state index contributed by atoms with van der Waals surface area (Å²) in [6.45, 7) is 0. The van der Waals surface area contributed by atoms with Gasteiger partial charge in [-0.25, -0.2) is 12.7 Å². The van der Waals surface area contributed by atoms with Gasteiger partial charge in [-0.05, 0) is 36.4 Å². The van der Waals surface area contributed by atoms with E-state index in [9.17, 15) is 8.42 Å². The molecule has 0 saturated carbocycles. The van der Waals surface area contributed by atoms with Crippen molar-refractivity contribution in [3.05, 3.63) is 48.8 Å². The Kier molecular flexibility index (Phi) is 3.40. The standard InChI is InChI=1S/C12H15N3O2S/c1-14(2)18(16,17)12-7-5-11(6-8-12)13-15-9-3-4-10-15/h3-10,13H,1-2H3. The van der Waals surface area contributed by atoms with Crippen molar-refractivity contribution >= 4 is 15.7 Å². The van der Waals surface area contributed by atoms with Crippen LogP contribution in [0.15, 0.2) is 53.7 Å². The Labute approximate surface area is 107 Å². The molecule has 1 N–H and O–H groups in total. The lowest BCUT2D eigenvalue weighted by atomic mass is 10.3. The van der Waals surface area contributed by atoms with Crippen LogP contribution in [0.4, 0.5) is 5.69 Å². The molecule has 0 saturated heterocycles. The van der Waals surface area contributed by atoms with E-state index >= 15 is 0 Å². The van der Waals surface area contributed by atoms with Crippen LogP contribution in [-0.2, 0) is 10.0 Å². The normalized spacial score (nSPS) is 11.7. The van der Waals surface area contributed by atoms with Gasteiger partial charge in [0.1, 0.15) is 0 Å². The van der Waals surface area contributed by atoms with Crippen molar-refractivity contribution in [1.82, 2.24) is 8.98 Å². The monoisotopic (exact) mass is 265 g/mol. The molecular formula is C12H15N3O2S. The van der Waals surface area contributed by atoms with Crippen molar-refractivity contribution in [2.24, 2.45) is 0 Å². The van der Waals surface area contributed by atoms with Crippen LogP contribution in [0.5, 0.6) is 0 Å². The average molecular weight is 265 g/mol. The second-order valence-electron chi connectivity index (χ2n) is 4.01. The van der Waals surface area contributed by atoms with E-state index in [0.29, 0.717) is 0 Å². The van der Waals surface area contributed by atoms with Crippen LogP contribution in [0.1, 0.15) is 0 Å². The minimum Gasteiger partial charge on any atom is -0.295 e. The van der Waals surface area contributed by atoms with Crippen LogP contribution < -0.4 is 5.43 Å². The van der Waals surface area contributed by atoms with Gasteiger partial charge in [-0.15, -0.1) is 0 Å². The molecule has 0 aliphatic heterocycles. The summed E-state index contributed by atoms with van der Waals surface area (Å²) in [5.74, 6) is 0. The summed E-state index contributed by atoms with van der Waals surface area (Å²) < 4.78 is 26.7. The molecule has 18 heavy (non-hydrogen) atoms. The summed E-state index contributed by atoms with van der Waals surface area (Å²) in [6, 6.07) is 10.4. The molecule has 0 amide bonds. The number of aromatic nitrogens is 1. The number of sulfonamides is 1. The zero-order valence-corrected chi connectivity index (χ0v) is 11.1. The van der Waals surface area contributed by atoms with Gasteiger partial charge in [0.15, 0.2) is 0 Å². The van der Waals surface area contributed by atoms with E-state index < -0.39 is 10.0 Å². The fraction of sp³-hybridized carbons (Fsp3) is 0.167. The van der Waals surface area contributed by atoms with E-state index in [1.54, 1.807) is 28.9 Å². The summed E-state index contributed by atoms with van der Waals surface area (Å²) in [4.78, 5) is 0.283. The number of nitrogens with zero attached hydrogens (tertiary/aromatic N) is 2. The Morgan fingerprint density at radius 1 is 1.06 bits per heavy atom. The fourth-order valence-corrected chi connectivity index (χ4v) is 2.37. The average Bonchev–Trinajstić information content (AvgIpc) is 2.82. The smallest absolute Gasteiger partial charge is 0.242 e. The van der Waals surface area contributed by atoms with Crippen LogP contribution in [-0.4, -0.2) is 31.5 Å². The van der Waals surface area contributed by atoms with Gasteiger partial charge in [-0.3, -0.25) is 10.1 Å². The maximum absolute atomic E-state index is 11.9. The Bertz CT molecular complexity index is 601. The molecule has 0 radical (unpaired) electrons. The van der Waals surface area contributed by atoms with Gasteiger partial charge < -0.3 is 0 Å². The first-order valence-corrected chi connectivity index (χ1v) is 6.87. The maximum atomic E-state index is 11.9. The molecule has 1 aromatic heterocycles. The van der Waals surface area contributed by atoms with Crippen molar-refractivity contribution in [3.63, 3.8) is 0 Å². The van der Waals surface area contributed by atoms with E-state index in [1.165, 1.54) is 18.4 Å². The fourth-order valence-electron chi connectivity index (χ4n) is 1.47. The van der Waals surface area contributed by atoms with Gasteiger partial charge >= 0.3 is 0 Å². The lowest BCUT2D eigenvalue weighted by molar-refractivity contribution is 0.521. The summed E-state index contributed by atoms with van der Waals surface area (Å²) in [5, 5.41) is 0. The van der Waals surface area contributed by atoms with Crippen LogP contribution in [0.3, 0.4) is 0 Å². The quantitative estimate of drug-likeness (QED) is 0.914. The van der Waals surface area contributed by atoms with Crippen molar-refractivity contribution in [2.75, 3.05) is 19.5 Å². The molecule has 5 nitrogen and oxygen atoms in total. The second kappa shape index (κ2) is 4.83. The molecule has 96 valence electrons. The largest absolute Gasteiger partial charge is 0.295 e. The Hall–Kier alpha value is -1.79. The van der Waals surface area contributed by atoms with Gasteiger partial charge in [0.05, 0.1) is 10.6 Å². The number of rotatable bonds is 4. The first kappa shape index (κ1) is 12.7. The Morgan fingerprint density at radius 3 is 2.11 bits per heavy atom. The minimum atomic E-state index is -3.36. The molecule has 2 rings (SSSR count). The van der Waals surface area contributed by atoms with E-state index in [1.807, 2.05) is 24.5 Å². The van der Waals surface area contributed by atoms with Crippen molar-refractivity contribution in [2.45, 2.75) is 4.90 Å². The first-order chi connectivity index (χ1) is 8.50. The number of hydrogen-bond acceptors (Lipinski definition) is 3. The van der Waals surface area contributed by atoms with E-state index in [4.69, 9.17) is 0 Å². The molecular weight excluding hydrogens is 250 g/mol. The molecule has 0 bridgehead atoms. The molecule has 1 heterocycles. The van der Waals surface area contributed by atoms with Crippen LogP contribution in [0.2, 0.25) is 0 Å². The third-order valence-electron chi connectivity index (χ3n) is 2.50. The zero-order valence-electron chi connectivity index (χ0n) is 10.2. The predicted molar refractivity (Wildman–Crippen MR) is 70.8 cm³/mol. The highest BCUT2D eigenvalue weighted by molar-refractivity contribution is 7.89. The molecule has 0 unspecified atom stereocenters. The molecule has 6 heteroatoms. The van der Waals surface area contributed by atoms with Gasteiger partial charge in [-0.2, -0.15) is 0 Å². The number of anilines is 1. The highest BCUT2D eigenvalue weighted by atomic mass is 32.2. The van der Waals surface area contributed by atoms with Gasteiger partial charge in [-0.1, -0.05) is 0 Å². The molecule has 0 aliphatic rings. The molecule has 0 fully saturated rings. The Morgan fingerprint density at radius 2 is 1.61 bits per heavy atom. The summed E-state index contributed by atoms with van der Waals surface area (Å²) in [6.07, 6.45) is 3.73. The third-order valence-corrected chi connectivity index (χ3v) is 4.32. The lowest BCUT2D eigenvalue weighted by Gasteiger charge is -2.12. The topological polar surface area (TPSA) is 54.3 Å². The molecule has 0 aliphatic carbocycles. The number of benzene rings is 1. The minimum absolute atomic E-state index is 0.283. The summed E-state index contributed by atoms with van der Waals surface area (Å²) in [7, 11) is -0.327. The first-order valence-electron chi connectivity index (χ1n) is 5.43. The molecule has 1 aromatic carbocycles. The van der Waals surface area contributed by atoms with Gasteiger partial charge in [0, 0.05) is 26.5 Å². The maximum Gasteiger partial charge on any atom is 0.242 e. The van der Waals surface area contributed by atoms with E-state index in [-0.39, 0.29) is 4.90 Å². The zero-order chi connectivity index (χ0) is 13.2. The Balaban J connectivity index is 2.21. The molecule has 0 spiro atoms. The van der Waals surface area contributed by atoms with Crippen LogP contribution in [0.25, 0.3) is 0 Å². The van der Waals surface area contributed by atoms with Crippen molar-refractivity contribution in [1.29, 1.82) is 0 Å². The van der Waals surface area contributed by atoms with E-state index in [0.717, 1.165) is 5.69 Å². The second-order valence-corrected chi connectivity index (χ2v) is 6.17.